The van der Waals surface area contributed by atoms with Gasteiger partial charge in [-0.25, -0.2) is 4.39 Å². The van der Waals surface area contributed by atoms with E-state index in [0.29, 0.717) is 5.69 Å². The van der Waals surface area contributed by atoms with Crippen molar-refractivity contribution >= 4 is 5.69 Å². The van der Waals surface area contributed by atoms with Gasteiger partial charge in [0.1, 0.15) is 12.1 Å². The maximum absolute atomic E-state index is 13.3. The molecule has 0 aliphatic carbocycles. The molecule has 0 spiro atoms. The zero-order chi connectivity index (χ0) is 13.1. The molecule has 1 aromatic heterocycles. The lowest BCUT2D eigenvalue weighted by molar-refractivity contribution is 0.627. The Hall–Kier alpha value is -2.42. The van der Waals surface area contributed by atoms with E-state index in [4.69, 9.17) is 5.26 Å². The van der Waals surface area contributed by atoms with E-state index in [9.17, 15) is 4.39 Å². The minimum absolute atomic E-state index is 0.133. The summed E-state index contributed by atoms with van der Waals surface area (Å²) in [5.74, 6) is 0.291. The van der Waals surface area contributed by atoms with Crippen LogP contribution in [0.15, 0.2) is 24.5 Å². The Kier molecular flexibility index (Phi) is 3.24. The maximum Gasteiger partial charge on any atom is 0.154 e. The summed E-state index contributed by atoms with van der Waals surface area (Å²) in [4.78, 5) is 0. The quantitative estimate of drug-likeness (QED) is 0.898. The molecule has 0 saturated heterocycles. The molecule has 1 unspecified atom stereocenters. The molecule has 0 radical (unpaired) electrons. The summed E-state index contributed by atoms with van der Waals surface area (Å²) in [6.07, 6.45) is 1.60. The van der Waals surface area contributed by atoms with Crippen molar-refractivity contribution in [1.29, 1.82) is 5.26 Å². The molecule has 0 saturated carbocycles. The molecule has 92 valence electrons. The number of aromatic nitrogens is 3. The van der Waals surface area contributed by atoms with Gasteiger partial charge in [-0.2, -0.15) is 5.26 Å². The fraction of sp³-hybridized carbons (Fsp3) is 0.250. The van der Waals surface area contributed by atoms with Crippen LogP contribution in [0.5, 0.6) is 0 Å². The van der Waals surface area contributed by atoms with E-state index in [0.717, 1.165) is 5.82 Å². The van der Waals surface area contributed by atoms with Crippen molar-refractivity contribution in [3.63, 3.8) is 0 Å². The van der Waals surface area contributed by atoms with Crippen LogP contribution in [0.4, 0.5) is 10.1 Å². The summed E-state index contributed by atoms with van der Waals surface area (Å²) in [5, 5.41) is 19.6. The summed E-state index contributed by atoms with van der Waals surface area (Å²) in [5.41, 5.74) is 0.824. The number of rotatable bonds is 3. The first kappa shape index (κ1) is 12.0. The molecule has 1 atom stereocenters. The van der Waals surface area contributed by atoms with Gasteiger partial charge >= 0.3 is 0 Å². The maximum atomic E-state index is 13.3. The van der Waals surface area contributed by atoms with Crippen LogP contribution in [0.2, 0.25) is 0 Å². The molecular formula is C12H12FN5. The predicted octanol–water partition coefficient (Wildman–Crippen LogP) is 2.00. The van der Waals surface area contributed by atoms with Gasteiger partial charge in [-0.15, -0.1) is 10.2 Å². The van der Waals surface area contributed by atoms with Gasteiger partial charge in [-0.05, 0) is 25.1 Å². The van der Waals surface area contributed by atoms with E-state index in [1.54, 1.807) is 17.0 Å². The summed E-state index contributed by atoms with van der Waals surface area (Å²) < 4.78 is 15.0. The topological polar surface area (TPSA) is 66.5 Å². The lowest BCUT2D eigenvalue weighted by Crippen LogP contribution is -2.12. The third-order valence-electron chi connectivity index (χ3n) is 2.54. The van der Waals surface area contributed by atoms with Crippen LogP contribution in [-0.4, -0.2) is 14.8 Å². The molecule has 0 amide bonds. The largest absolute Gasteiger partial charge is 0.375 e. The van der Waals surface area contributed by atoms with Crippen molar-refractivity contribution in [1.82, 2.24) is 14.8 Å². The lowest BCUT2D eigenvalue weighted by Gasteiger charge is -2.14. The van der Waals surface area contributed by atoms with Crippen molar-refractivity contribution in [3.05, 3.63) is 41.7 Å². The van der Waals surface area contributed by atoms with Crippen LogP contribution >= 0.6 is 0 Å². The lowest BCUT2D eigenvalue weighted by atomic mass is 10.2. The zero-order valence-electron chi connectivity index (χ0n) is 10.1. The van der Waals surface area contributed by atoms with Gasteiger partial charge < -0.3 is 9.88 Å². The summed E-state index contributed by atoms with van der Waals surface area (Å²) >= 11 is 0. The van der Waals surface area contributed by atoms with E-state index in [2.05, 4.69) is 15.5 Å². The zero-order valence-corrected chi connectivity index (χ0v) is 10.1. The summed E-state index contributed by atoms with van der Waals surface area (Å²) in [7, 11) is 1.83. The van der Waals surface area contributed by atoms with Gasteiger partial charge in [-0.1, -0.05) is 0 Å². The highest BCUT2D eigenvalue weighted by Gasteiger charge is 2.11. The van der Waals surface area contributed by atoms with Crippen LogP contribution in [0.1, 0.15) is 24.4 Å². The normalized spacial score (nSPS) is 11.9. The average molecular weight is 245 g/mol. The van der Waals surface area contributed by atoms with Crippen molar-refractivity contribution < 1.29 is 4.39 Å². The third-order valence-corrected chi connectivity index (χ3v) is 2.54. The van der Waals surface area contributed by atoms with Gasteiger partial charge in [0.05, 0.1) is 17.7 Å². The molecule has 0 bridgehead atoms. The molecule has 2 aromatic rings. The van der Waals surface area contributed by atoms with Gasteiger partial charge in [0.25, 0.3) is 0 Å². The Balaban J connectivity index is 2.22. The van der Waals surface area contributed by atoms with E-state index in [1.165, 1.54) is 12.1 Å². The second kappa shape index (κ2) is 4.84. The van der Waals surface area contributed by atoms with Crippen LogP contribution in [0, 0.1) is 17.1 Å². The minimum atomic E-state index is -0.443. The SMILES string of the molecule is CC(Nc1cc(F)cc(C#N)c1)c1nncn1C. The first-order chi connectivity index (χ1) is 8.60. The molecule has 1 aromatic carbocycles. The van der Waals surface area contributed by atoms with Crippen molar-refractivity contribution in [2.75, 3.05) is 5.32 Å². The van der Waals surface area contributed by atoms with E-state index < -0.39 is 5.82 Å². The number of anilines is 1. The molecule has 5 nitrogen and oxygen atoms in total. The number of hydrogen-bond donors (Lipinski definition) is 1. The number of benzene rings is 1. The highest BCUT2D eigenvalue weighted by Crippen LogP contribution is 2.19. The number of aryl methyl sites for hydroxylation is 1. The first-order valence-corrected chi connectivity index (χ1v) is 5.41. The number of nitrogens with zero attached hydrogens (tertiary/aromatic N) is 4. The second-order valence-electron chi connectivity index (χ2n) is 4.01. The molecule has 2 rings (SSSR count). The highest BCUT2D eigenvalue weighted by molar-refractivity contribution is 5.50. The average Bonchev–Trinajstić information content (AvgIpc) is 2.74. The Morgan fingerprint density at radius 2 is 2.22 bits per heavy atom. The number of nitrogens with one attached hydrogen (secondary N) is 1. The van der Waals surface area contributed by atoms with Crippen LogP contribution in [-0.2, 0) is 7.05 Å². The van der Waals surface area contributed by atoms with Crippen molar-refractivity contribution in [3.8, 4) is 6.07 Å². The number of nitriles is 1. The van der Waals surface area contributed by atoms with Gasteiger partial charge in [0, 0.05) is 12.7 Å². The van der Waals surface area contributed by atoms with E-state index >= 15 is 0 Å². The van der Waals surface area contributed by atoms with Crippen LogP contribution in [0.3, 0.4) is 0 Å². The minimum Gasteiger partial charge on any atom is -0.375 e. The molecule has 1 N–H and O–H groups in total. The highest BCUT2D eigenvalue weighted by atomic mass is 19.1. The van der Waals surface area contributed by atoms with Crippen LogP contribution < -0.4 is 5.32 Å². The van der Waals surface area contributed by atoms with Gasteiger partial charge in [0.2, 0.25) is 0 Å². The summed E-state index contributed by atoms with van der Waals surface area (Å²) in [6, 6.07) is 5.91. The first-order valence-electron chi connectivity index (χ1n) is 5.41. The Morgan fingerprint density at radius 1 is 1.44 bits per heavy atom. The van der Waals surface area contributed by atoms with Crippen LogP contribution in [0.25, 0.3) is 0 Å². The van der Waals surface area contributed by atoms with Crippen molar-refractivity contribution in [2.24, 2.45) is 7.05 Å². The van der Waals surface area contributed by atoms with Gasteiger partial charge in [0.15, 0.2) is 5.82 Å². The Labute approximate surface area is 104 Å². The molecule has 0 fully saturated rings. The molecule has 18 heavy (non-hydrogen) atoms. The number of hydrogen-bond acceptors (Lipinski definition) is 4. The fourth-order valence-corrected chi connectivity index (χ4v) is 1.74. The molecule has 0 aliphatic rings. The van der Waals surface area contributed by atoms with Crippen molar-refractivity contribution in [2.45, 2.75) is 13.0 Å². The third kappa shape index (κ3) is 2.46. The summed E-state index contributed by atoms with van der Waals surface area (Å²) in [6.45, 7) is 1.89. The monoisotopic (exact) mass is 245 g/mol. The Bertz CT molecular complexity index is 599. The standard InChI is InChI=1S/C12H12FN5/c1-8(12-17-15-7-18(12)2)16-11-4-9(6-14)3-10(13)5-11/h3-5,7-8,16H,1-2H3. The second-order valence-corrected chi connectivity index (χ2v) is 4.01. The fourth-order valence-electron chi connectivity index (χ4n) is 1.74. The molecule has 0 aliphatic heterocycles. The molecule has 1 heterocycles. The van der Waals surface area contributed by atoms with Gasteiger partial charge in [-0.3, -0.25) is 0 Å². The smallest absolute Gasteiger partial charge is 0.154 e. The Morgan fingerprint density at radius 3 is 2.83 bits per heavy atom. The number of halogens is 1. The predicted molar refractivity (Wildman–Crippen MR) is 64.2 cm³/mol. The van der Waals surface area contributed by atoms with E-state index in [1.807, 2.05) is 20.0 Å². The molecular weight excluding hydrogens is 233 g/mol. The van der Waals surface area contributed by atoms with E-state index in [-0.39, 0.29) is 11.6 Å². The molecule has 6 heteroatoms.